The summed E-state index contributed by atoms with van der Waals surface area (Å²) in [6.07, 6.45) is 0.167. The summed E-state index contributed by atoms with van der Waals surface area (Å²) in [5.41, 5.74) is 1.60. The summed E-state index contributed by atoms with van der Waals surface area (Å²) in [5, 5.41) is 4.99. The Morgan fingerprint density at radius 2 is 1.97 bits per heavy atom. The zero-order valence-electron chi connectivity index (χ0n) is 17.2. The number of hydrogen-bond donors (Lipinski definition) is 1. The van der Waals surface area contributed by atoms with Crippen molar-refractivity contribution in [3.05, 3.63) is 52.7 Å². The van der Waals surface area contributed by atoms with Gasteiger partial charge < -0.3 is 19.2 Å². The first kappa shape index (κ1) is 20.9. The number of ether oxygens (including phenoxy) is 2. The van der Waals surface area contributed by atoms with Crippen LogP contribution in [0, 0.1) is 6.92 Å². The predicted octanol–water partition coefficient (Wildman–Crippen LogP) is 4.93. The third kappa shape index (κ3) is 5.17. The first-order chi connectivity index (χ1) is 14.0. The Labute approximate surface area is 174 Å². The quantitative estimate of drug-likeness (QED) is 0.537. The van der Waals surface area contributed by atoms with E-state index in [2.05, 4.69) is 10.3 Å². The Hall–Kier alpha value is -2.80. The van der Waals surface area contributed by atoms with Crippen molar-refractivity contribution in [2.75, 3.05) is 13.2 Å². The Kier molecular flexibility index (Phi) is 6.93. The number of thiophene rings is 1. The van der Waals surface area contributed by atoms with Gasteiger partial charge in [-0.1, -0.05) is 12.1 Å². The summed E-state index contributed by atoms with van der Waals surface area (Å²) in [6, 6.07) is 9.44. The second-order valence-electron chi connectivity index (χ2n) is 6.54. The highest BCUT2D eigenvalue weighted by molar-refractivity contribution is 7.13. The first-order valence-electron chi connectivity index (χ1n) is 9.70. The summed E-state index contributed by atoms with van der Waals surface area (Å²) in [4.78, 5) is 18.0. The Balaban J connectivity index is 1.67. The normalized spacial score (nSPS) is 11.9. The lowest BCUT2D eigenvalue weighted by Crippen LogP contribution is -2.28. The van der Waals surface area contributed by atoms with Crippen LogP contribution < -0.4 is 14.8 Å². The fraction of sp³-hybridized carbons (Fsp3) is 0.364. The first-order valence-corrected chi connectivity index (χ1v) is 10.6. The minimum atomic E-state index is -0.179. The van der Waals surface area contributed by atoms with Gasteiger partial charge in [-0.05, 0) is 56.8 Å². The number of benzene rings is 1. The van der Waals surface area contributed by atoms with Crippen LogP contribution in [0.2, 0.25) is 0 Å². The second kappa shape index (κ2) is 9.60. The van der Waals surface area contributed by atoms with E-state index in [9.17, 15) is 4.79 Å². The highest BCUT2D eigenvalue weighted by Crippen LogP contribution is 2.31. The molecule has 154 valence electrons. The van der Waals surface area contributed by atoms with Gasteiger partial charge in [0.05, 0.1) is 36.2 Å². The molecule has 1 unspecified atom stereocenters. The van der Waals surface area contributed by atoms with Crippen LogP contribution in [0.25, 0.3) is 10.8 Å². The van der Waals surface area contributed by atoms with Gasteiger partial charge in [0.25, 0.3) is 0 Å². The number of rotatable bonds is 9. The standard InChI is InChI=1S/C22H26N2O4S/c1-5-26-18-10-9-16(12-19(18)27-6-2)14(3)23-21(25)13-17-15(4)28-22(24-17)20-8-7-11-29-20/h7-12,14H,5-6,13H2,1-4H3,(H,23,25). The topological polar surface area (TPSA) is 73.6 Å². The highest BCUT2D eigenvalue weighted by atomic mass is 32.1. The van der Waals surface area contributed by atoms with Crippen LogP contribution in [-0.2, 0) is 11.2 Å². The number of nitrogens with one attached hydrogen (secondary N) is 1. The molecular formula is C22H26N2O4S. The zero-order chi connectivity index (χ0) is 20.8. The Morgan fingerprint density at radius 1 is 1.21 bits per heavy atom. The van der Waals surface area contributed by atoms with Gasteiger partial charge in [0, 0.05) is 0 Å². The molecule has 0 bridgehead atoms. The summed E-state index contributed by atoms with van der Waals surface area (Å²) < 4.78 is 17.0. The van der Waals surface area contributed by atoms with Crippen LogP contribution in [-0.4, -0.2) is 24.1 Å². The van der Waals surface area contributed by atoms with E-state index in [1.54, 1.807) is 11.3 Å². The third-order valence-corrected chi connectivity index (χ3v) is 5.26. The molecule has 0 saturated carbocycles. The van der Waals surface area contributed by atoms with E-state index >= 15 is 0 Å². The molecule has 0 aliphatic carbocycles. The zero-order valence-corrected chi connectivity index (χ0v) is 18.0. The molecule has 0 spiro atoms. The van der Waals surface area contributed by atoms with Gasteiger partial charge in [-0.2, -0.15) is 0 Å². The Bertz CT molecular complexity index is 950. The Morgan fingerprint density at radius 3 is 2.66 bits per heavy atom. The molecule has 0 radical (unpaired) electrons. The van der Waals surface area contributed by atoms with Gasteiger partial charge in [-0.25, -0.2) is 4.98 Å². The molecule has 0 aliphatic heterocycles. The molecule has 6 nitrogen and oxygen atoms in total. The summed E-state index contributed by atoms with van der Waals surface area (Å²) in [6.45, 7) is 8.74. The fourth-order valence-electron chi connectivity index (χ4n) is 2.96. The number of oxazole rings is 1. The van der Waals surface area contributed by atoms with E-state index in [1.165, 1.54) is 0 Å². The molecule has 2 heterocycles. The van der Waals surface area contributed by atoms with Crippen molar-refractivity contribution in [1.29, 1.82) is 0 Å². The largest absolute Gasteiger partial charge is 0.490 e. The van der Waals surface area contributed by atoms with E-state index in [0.29, 0.717) is 42.1 Å². The number of aryl methyl sites for hydroxylation is 1. The smallest absolute Gasteiger partial charge is 0.236 e. The molecular weight excluding hydrogens is 388 g/mol. The van der Waals surface area contributed by atoms with Crippen LogP contribution in [0.15, 0.2) is 40.1 Å². The minimum absolute atomic E-state index is 0.113. The fourth-order valence-corrected chi connectivity index (χ4v) is 3.61. The van der Waals surface area contributed by atoms with Gasteiger partial charge >= 0.3 is 0 Å². The molecule has 29 heavy (non-hydrogen) atoms. The van der Waals surface area contributed by atoms with Gasteiger partial charge in [-0.15, -0.1) is 11.3 Å². The van der Waals surface area contributed by atoms with Gasteiger partial charge in [0.1, 0.15) is 5.76 Å². The van der Waals surface area contributed by atoms with Crippen LogP contribution in [0.5, 0.6) is 11.5 Å². The van der Waals surface area contributed by atoms with Crippen LogP contribution in [0.4, 0.5) is 0 Å². The number of carbonyl (C=O) groups is 1. The van der Waals surface area contributed by atoms with E-state index in [4.69, 9.17) is 13.9 Å². The molecule has 2 aromatic heterocycles. The van der Waals surface area contributed by atoms with Crippen LogP contribution in [0.1, 0.15) is 43.8 Å². The molecule has 1 amide bonds. The maximum absolute atomic E-state index is 12.6. The number of aromatic nitrogens is 1. The summed E-state index contributed by atoms with van der Waals surface area (Å²) in [5.74, 6) is 2.49. The lowest BCUT2D eigenvalue weighted by atomic mass is 10.1. The van der Waals surface area contributed by atoms with E-state index < -0.39 is 0 Å². The number of amides is 1. The number of carbonyl (C=O) groups excluding carboxylic acids is 1. The average molecular weight is 415 g/mol. The molecule has 1 aromatic carbocycles. The second-order valence-corrected chi connectivity index (χ2v) is 7.49. The van der Waals surface area contributed by atoms with Crippen LogP contribution >= 0.6 is 11.3 Å². The van der Waals surface area contributed by atoms with Crippen molar-refractivity contribution >= 4 is 17.2 Å². The minimum Gasteiger partial charge on any atom is -0.490 e. The number of hydrogen-bond acceptors (Lipinski definition) is 6. The lowest BCUT2D eigenvalue weighted by molar-refractivity contribution is -0.121. The lowest BCUT2D eigenvalue weighted by Gasteiger charge is -2.17. The summed E-state index contributed by atoms with van der Waals surface area (Å²) >= 11 is 1.56. The molecule has 1 atom stereocenters. The summed E-state index contributed by atoms with van der Waals surface area (Å²) in [7, 11) is 0. The highest BCUT2D eigenvalue weighted by Gasteiger charge is 2.18. The third-order valence-electron chi connectivity index (χ3n) is 4.40. The molecule has 0 aliphatic rings. The molecule has 3 aromatic rings. The maximum atomic E-state index is 12.6. The average Bonchev–Trinajstić information content (AvgIpc) is 3.34. The molecule has 3 rings (SSSR count). The van der Waals surface area contributed by atoms with Crippen LogP contribution in [0.3, 0.4) is 0 Å². The SMILES string of the molecule is CCOc1ccc(C(C)NC(=O)Cc2nc(-c3cccs3)oc2C)cc1OCC. The van der Waals surface area contributed by atoms with Crippen molar-refractivity contribution in [3.63, 3.8) is 0 Å². The van der Waals surface area contributed by atoms with Gasteiger partial charge in [0.15, 0.2) is 11.5 Å². The molecule has 1 N–H and O–H groups in total. The van der Waals surface area contributed by atoms with Gasteiger partial charge in [-0.3, -0.25) is 4.79 Å². The van der Waals surface area contributed by atoms with Crippen molar-refractivity contribution < 1.29 is 18.7 Å². The van der Waals surface area contributed by atoms with E-state index in [0.717, 1.165) is 10.4 Å². The number of nitrogens with zero attached hydrogens (tertiary/aromatic N) is 1. The molecule has 7 heteroatoms. The van der Waals surface area contributed by atoms with Crippen molar-refractivity contribution in [2.45, 2.75) is 40.2 Å². The van der Waals surface area contributed by atoms with E-state index in [-0.39, 0.29) is 18.4 Å². The monoisotopic (exact) mass is 414 g/mol. The van der Waals surface area contributed by atoms with Crippen molar-refractivity contribution in [2.24, 2.45) is 0 Å². The van der Waals surface area contributed by atoms with E-state index in [1.807, 2.05) is 63.4 Å². The van der Waals surface area contributed by atoms with Crippen molar-refractivity contribution in [3.8, 4) is 22.3 Å². The van der Waals surface area contributed by atoms with Gasteiger partial charge in [0.2, 0.25) is 11.8 Å². The molecule has 0 fully saturated rings. The van der Waals surface area contributed by atoms with Crippen molar-refractivity contribution in [1.82, 2.24) is 10.3 Å². The molecule has 0 saturated heterocycles. The maximum Gasteiger partial charge on any atom is 0.236 e. The predicted molar refractivity (Wildman–Crippen MR) is 114 cm³/mol.